The van der Waals surface area contributed by atoms with Crippen LogP contribution in [0.25, 0.3) is 0 Å². The minimum Gasteiger partial charge on any atom is -0.495 e. The molecule has 0 saturated carbocycles. The number of fused-ring (bicyclic) bond motifs is 1. The summed E-state index contributed by atoms with van der Waals surface area (Å²) in [5.74, 6) is 0.176. The number of rotatable bonds is 3. The van der Waals surface area contributed by atoms with Gasteiger partial charge in [0.05, 0.1) is 24.0 Å². The molecule has 0 spiro atoms. The summed E-state index contributed by atoms with van der Waals surface area (Å²) in [5.41, 5.74) is 8.81. The molecule has 1 atom stereocenters. The van der Waals surface area contributed by atoms with E-state index >= 15 is 0 Å². The molecular formula is C21H17ClFN3O. The summed E-state index contributed by atoms with van der Waals surface area (Å²) in [7, 11) is 1.57. The zero-order chi connectivity index (χ0) is 19.0. The molecule has 0 saturated heterocycles. The van der Waals surface area contributed by atoms with Crippen molar-refractivity contribution in [1.82, 2.24) is 4.98 Å². The number of nitrogens with zero attached hydrogens (tertiary/aromatic N) is 2. The van der Waals surface area contributed by atoms with Crippen molar-refractivity contribution in [3.8, 4) is 5.75 Å². The Morgan fingerprint density at radius 1 is 1.15 bits per heavy atom. The van der Waals surface area contributed by atoms with Crippen LogP contribution in [-0.4, -0.2) is 17.8 Å². The SMILES string of the molecule is COc1cccnc1C1(N)CC(c2cc(Cl)ccc2F)=Nc2ccccc21. The summed E-state index contributed by atoms with van der Waals surface area (Å²) in [5, 5.41) is 0.436. The van der Waals surface area contributed by atoms with Crippen molar-refractivity contribution >= 4 is 23.0 Å². The molecular weight excluding hydrogens is 365 g/mol. The molecule has 0 amide bonds. The lowest BCUT2D eigenvalue weighted by molar-refractivity contribution is 0.389. The second-order valence-corrected chi connectivity index (χ2v) is 6.84. The predicted molar refractivity (Wildman–Crippen MR) is 104 cm³/mol. The van der Waals surface area contributed by atoms with Crippen LogP contribution in [0.3, 0.4) is 0 Å². The van der Waals surface area contributed by atoms with Crippen LogP contribution in [0, 0.1) is 5.82 Å². The predicted octanol–water partition coefficient (Wildman–Crippen LogP) is 4.61. The molecule has 3 aromatic rings. The molecule has 136 valence electrons. The van der Waals surface area contributed by atoms with Crippen molar-refractivity contribution in [3.63, 3.8) is 0 Å². The van der Waals surface area contributed by atoms with Gasteiger partial charge < -0.3 is 10.5 Å². The first-order valence-electron chi connectivity index (χ1n) is 8.44. The Balaban J connectivity index is 1.95. The van der Waals surface area contributed by atoms with E-state index < -0.39 is 11.4 Å². The van der Waals surface area contributed by atoms with Crippen molar-refractivity contribution < 1.29 is 9.13 Å². The minimum absolute atomic E-state index is 0.259. The van der Waals surface area contributed by atoms with E-state index in [9.17, 15) is 4.39 Å². The molecule has 0 aliphatic carbocycles. The van der Waals surface area contributed by atoms with Gasteiger partial charge in [-0.15, -0.1) is 0 Å². The molecule has 2 aromatic carbocycles. The minimum atomic E-state index is -1.02. The highest BCUT2D eigenvalue weighted by molar-refractivity contribution is 6.31. The molecule has 0 bridgehead atoms. The Labute approximate surface area is 161 Å². The van der Waals surface area contributed by atoms with Crippen molar-refractivity contribution in [1.29, 1.82) is 0 Å². The second kappa shape index (κ2) is 6.76. The summed E-state index contributed by atoms with van der Waals surface area (Å²) < 4.78 is 20.0. The lowest BCUT2D eigenvalue weighted by atomic mass is 9.78. The summed E-state index contributed by atoms with van der Waals surface area (Å²) >= 11 is 6.09. The number of para-hydroxylation sites is 1. The molecule has 2 heterocycles. The van der Waals surface area contributed by atoms with Crippen LogP contribution in [-0.2, 0) is 5.54 Å². The second-order valence-electron chi connectivity index (χ2n) is 6.40. The van der Waals surface area contributed by atoms with E-state index in [-0.39, 0.29) is 6.42 Å². The Hall–Kier alpha value is -2.76. The van der Waals surface area contributed by atoms with Gasteiger partial charge in [-0.3, -0.25) is 9.98 Å². The third-order valence-electron chi connectivity index (χ3n) is 4.74. The van der Waals surface area contributed by atoms with Gasteiger partial charge in [-0.2, -0.15) is 0 Å². The molecule has 6 heteroatoms. The van der Waals surface area contributed by atoms with Gasteiger partial charge in [-0.1, -0.05) is 29.8 Å². The number of pyridine rings is 1. The number of hydrogen-bond acceptors (Lipinski definition) is 4. The third-order valence-corrected chi connectivity index (χ3v) is 4.97. The molecule has 0 radical (unpaired) electrons. The number of nitrogens with two attached hydrogens (primary N) is 1. The van der Waals surface area contributed by atoms with E-state index in [0.29, 0.717) is 33.4 Å². The molecule has 0 fully saturated rings. The zero-order valence-electron chi connectivity index (χ0n) is 14.6. The van der Waals surface area contributed by atoms with E-state index in [2.05, 4.69) is 9.98 Å². The molecule has 2 N–H and O–H groups in total. The largest absolute Gasteiger partial charge is 0.495 e. The van der Waals surface area contributed by atoms with Crippen molar-refractivity contribution in [3.05, 3.63) is 88.5 Å². The van der Waals surface area contributed by atoms with Crippen molar-refractivity contribution in [2.45, 2.75) is 12.0 Å². The van der Waals surface area contributed by atoms with E-state index in [1.807, 2.05) is 30.3 Å². The fourth-order valence-electron chi connectivity index (χ4n) is 3.47. The summed E-state index contributed by atoms with van der Waals surface area (Å²) in [6, 6.07) is 15.5. The Bertz CT molecular complexity index is 1050. The smallest absolute Gasteiger partial charge is 0.142 e. The van der Waals surface area contributed by atoms with Crippen LogP contribution >= 0.6 is 11.6 Å². The lowest BCUT2D eigenvalue weighted by Gasteiger charge is -2.35. The normalized spacial score (nSPS) is 18.6. The maximum atomic E-state index is 14.5. The monoisotopic (exact) mass is 381 g/mol. The maximum absolute atomic E-state index is 14.5. The Kier molecular flexibility index (Phi) is 4.42. The van der Waals surface area contributed by atoms with Gasteiger partial charge in [0, 0.05) is 28.8 Å². The van der Waals surface area contributed by atoms with Crippen LogP contribution in [0.1, 0.15) is 23.2 Å². The van der Waals surface area contributed by atoms with E-state index in [1.54, 1.807) is 25.4 Å². The first-order valence-corrected chi connectivity index (χ1v) is 8.81. The Morgan fingerprint density at radius 3 is 2.78 bits per heavy atom. The number of benzene rings is 2. The standard InChI is InChI=1S/C21H17ClFN3O/c1-27-19-7-4-10-25-20(19)21(24)12-18(14-11-13(22)8-9-16(14)23)26-17-6-3-2-5-15(17)21/h2-11H,12,24H2,1H3. The number of methoxy groups -OCH3 is 1. The van der Waals surface area contributed by atoms with Gasteiger partial charge in [-0.25, -0.2) is 4.39 Å². The fraction of sp³-hybridized carbons (Fsp3) is 0.143. The van der Waals surface area contributed by atoms with Crippen LogP contribution < -0.4 is 10.5 Å². The van der Waals surface area contributed by atoms with E-state index in [1.165, 1.54) is 12.1 Å². The fourth-order valence-corrected chi connectivity index (χ4v) is 3.64. The topological polar surface area (TPSA) is 60.5 Å². The van der Waals surface area contributed by atoms with Gasteiger partial charge in [0.2, 0.25) is 0 Å². The number of ether oxygens (including phenoxy) is 1. The molecule has 27 heavy (non-hydrogen) atoms. The number of halogens is 2. The highest BCUT2D eigenvalue weighted by atomic mass is 35.5. The molecule has 1 aromatic heterocycles. The van der Waals surface area contributed by atoms with E-state index in [4.69, 9.17) is 22.1 Å². The number of aromatic nitrogens is 1. The number of aliphatic imine (C=N–C) groups is 1. The molecule has 1 unspecified atom stereocenters. The van der Waals surface area contributed by atoms with Gasteiger partial charge in [0.25, 0.3) is 0 Å². The number of hydrogen-bond donors (Lipinski definition) is 1. The summed E-state index contributed by atoms with van der Waals surface area (Å²) in [6.45, 7) is 0. The Morgan fingerprint density at radius 2 is 1.96 bits per heavy atom. The maximum Gasteiger partial charge on any atom is 0.142 e. The molecule has 4 nitrogen and oxygen atoms in total. The summed E-state index contributed by atoms with van der Waals surface area (Å²) in [6.07, 6.45) is 1.93. The van der Waals surface area contributed by atoms with Gasteiger partial charge in [-0.05, 0) is 36.4 Å². The molecule has 1 aliphatic rings. The average molecular weight is 382 g/mol. The molecule has 4 rings (SSSR count). The highest BCUT2D eigenvalue weighted by Crippen LogP contribution is 2.43. The summed E-state index contributed by atoms with van der Waals surface area (Å²) in [4.78, 5) is 9.15. The lowest BCUT2D eigenvalue weighted by Crippen LogP contribution is -2.43. The highest BCUT2D eigenvalue weighted by Gasteiger charge is 2.40. The first kappa shape index (κ1) is 17.6. The first-order chi connectivity index (χ1) is 13.0. The third kappa shape index (κ3) is 2.99. The van der Waals surface area contributed by atoms with Crippen LogP contribution in [0.5, 0.6) is 5.75 Å². The van der Waals surface area contributed by atoms with Crippen LogP contribution in [0.15, 0.2) is 65.8 Å². The molecule has 1 aliphatic heterocycles. The van der Waals surface area contributed by atoms with Crippen molar-refractivity contribution in [2.75, 3.05) is 7.11 Å². The van der Waals surface area contributed by atoms with Crippen LogP contribution in [0.2, 0.25) is 5.02 Å². The van der Waals surface area contributed by atoms with Crippen molar-refractivity contribution in [2.24, 2.45) is 10.7 Å². The zero-order valence-corrected chi connectivity index (χ0v) is 15.4. The van der Waals surface area contributed by atoms with Gasteiger partial charge >= 0.3 is 0 Å². The van der Waals surface area contributed by atoms with Gasteiger partial charge in [0.15, 0.2) is 0 Å². The van der Waals surface area contributed by atoms with Gasteiger partial charge in [0.1, 0.15) is 17.3 Å². The van der Waals surface area contributed by atoms with Crippen LogP contribution in [0.4, 0.5) is 10.1 Å². The average Bonchev–Trinajstić information content (AvgIpc) is 2.69. The van der Waals surface area contributed by atoms with E-state index in [0.717, 1.165) is 5.56 Å². The quantitative estimate of drug-likeness (QED) is 0.720.